The van der Waals surface area contributed by atoms with E-state index in [-0.39, 0.29) is 0 Å². The van der Waals surface area contributed by atoms with Crippen molar-refractivity contribution in [2.45, 2.75) is 0 Å². The molecule has 2 fully saturated rings. The Morgan fingerprint density at radius 3 is 1.89 bits per heavy atom. The Balaban J connectivity index is 1.73. The van der Waals surface area contributed by atoms with E-state index in [0.29, 0.717) is 55.8 Å². The van der Waals surface area contributed by atoms with E-state index in [0.717, 1.165) is 26.2 Å². The molecular weight excluding hydrogens is 348 g/mol. The molecule has 0 saturated carbocycles. The molecule has 0 unspecified atom stereocenters. The maximum absolute atomic E-state index is 5.46. The molecule has 10 heteroatoms. The van der Waals surface area contributed by atoms with Crippen LogP contribution in [0.1, 0.15) is 0 Å². The topological polar surface area (TPSA) is 92.6 Å². The molecule has 0 bridgehead atoms. The van der Waals surface area contributed by atoms with Gasteiger partial charge in [-0.25, -0.2) is 9.97 Å². The summed E-state index contributed by atoms with van der Waals surface area (Å²) in [5.74, 6) is 2.50. The number of rotatable bonds is 4. The van der Waals surface area contributed by atoms with E-state index in [9.17, 15) is 0 Å². The summed E-state index contributed by atoms with van der Waals surface area (Å²) in [5.41, 5.74) is 0.681. The van der Waals surface area contributed by atoms with Crippen LogP contribution in [0, 0.1) is 0 Å². The summed E-state index contributed by atoms with van der Waals surface area (Å²) in [6.45, 7) is 5.74. The second kappa shape index (κ2) is 7.97. The summed E-state index contributed by atoms with van der Waals surface area (Å²) in [4.78, 5) is 29.1. The number of nitrogens with zero attached hydrogens (tertiary/aromatic N) is 8. The first kappa shape index (κ1) is 17.8. The van der Waals surface area contributed by atoms with Gasteiger partial charge in [0.2, 0.25) is 17.8 Å². The predicted octanol–water partition coefficient (Wildman–Crippen LogP) is 0.0678. The van der Waals surface area contributed by atoms with Crippen molar-refractivity contribution in [2.75, 3.05) is 81.4 Å². The lowest BCUT2D eigenvalue weighted by Gasteiger charge is -2.30. The molecule has 2 aliphatic rings. The van der Waals surface area contributed by atoms with E-state index in [2.05, 4.69) is 19.8 Å². The molecule has 2 aromatic heterocycles. The van der Waals surface area contributed by atoms with Crippen LogP contribution in [0.4, 0.5) is 17.8 Å². The normalized spacial score (nSPS) is 17.9. The first-order chi connectivity index (χ1) is 13.2. The Morgan fingerprint density at radius 1 is 0.815 bits per heavy atom. The van der Waals surface area contributed by atoms with Gasteiger partial charge in [-0.05, 0) is 6.07 Å². The van der Waals surface area contributed by atoms with Crippen LogP contribution in [0.3, 0.4) is 0 Å². The summed E-state index contributed by atoms with van der Waals surface area (Å²) in [6.07, 6.45) is 1.73. The number of aromatic nitrogens is 5. The predicted molar refractivity (Wildman–Crippen MR) is 101 cm³/mol. The average Bonchev–Trinajstić information content (AvgIpc) is 2.75. The molecule has 144 valence electrons. The smallest absolute Gasteiger partial charge is 0.230 e. The van der Waals surface area contributed by atoms with Gasteiger partial charge in [0.05, 0.1) is 26.4 Å². The minimum atomic E-state index is 0.554. The molecule has 4 heterocycles. The lowest BCUT2D eigenvalue weighted by Crippen LogP contribution is -2.40. The zero-order valence-electron chi connectivity index (χ0n) is 15.7. The Bertz CT molecular complexity index is 739. The molecule has 27 heavy (non-hydrogen) atoms. The average molecular weight is 372 g/mol. The van der Waals surface area contributed by atoms with Crippen LogP contribution in [-0.2, 0) is 9.47 Å². The van der Waals surface area contributed by atoms with Crippen molar-refractivity contribution in [1.29, 1.82) is 0 Å². The van der Waals surface area contributed by atoms with Crippen LogP contribution < -0.4 is 14.7 Å². The fourth-order valence-electron chi connectivity index (χ4n) is 2.97. The van der Waals surface area contributed by atoms with Gasteiger partial charge in [-0.15, -0.1) is 0 Å². The second-order valence-corrected chi connectivity index (χ2v) is 6.59. The first-order valence-corrected chi connectivity index (χ1v) is 9.13. The molecular formula is C17H24N8O2. The highest BCUT2D eigenvalue weighted by molar-refractivity contribution is 5.56. The van der Waals surface area contributed by atoms with Gasteiger partial charge in [0.15, 0.2) is 5.82 Å². The lowest BCUT2D eigenvalue weighted by molar-refractivity contribution is 0.121. The fourth-order valence-corrected chi connectivity index (χ4v) is 2.97. The Kier molecular flexibility index (Phi) is 5.26. The highest BCUT2D eigenvalue weighted by atomic mass is 16.5. The summed E-state index contributed by atoms with van der Waals surface area (Å²) < 4.78 is 10.9. The molecule has 2 aromatic rings. The van der Waals surface area contributed by atoms with Crippen molar-refractivity contribution in [3.8, 4) is 11.5 Å². The molecule has 0 N–H and O–H groups in total. The minimum Gasteiger partial charge on any atom is -0.378 e. The van der Waals surface area contributed by atoms with Gasteiger partial charge in [0.1, 0.15) is 5.69 Å². The van der Waals surface area contributed by atoms with Crippen molar-refractivity contribution < 1.29 is 9.47 Å². The van der Waals surface area contributed by atoms with E-state index in [4.69, 9.17) is 24.4 Å². The molecule has 0 atom stereocenters. The van der Waals surface area contributed by atoms with E-state index >= 15 is 0 Å². The molecule has 0 spiro atoms. The van der Waals surface area contributed by atoms with E-state index in [1.54, 1.807) is 6.20 Å². The third-order valence-corrected chi connectivity index (χ3v) is 4.47. The zero-order chi connectivity index (χ0) is 18.6. The van der Waals surface area contributed by atoms with Crippen LogP contribution in [-0.4, -0.2) is 91.6 Å². The van der Waals surface area contributed by atoms with Gasteiger partial charge in [0, 0.05) is 46.5 Å². The highest BCUT2D eigenvalue weighted by Crippen LogP contribution is 2.22. The van der Waals surface area contributed by atoms with Crippen molar-refractivity contribution in [2.24, 2.45) is 0 Å². The molecule has 2 aliphatic heterocycles. The largest absolute Gasteiger partial charge is 0.378 e. The van der Waals surface area contributed by atoms with Gasteiger partial charge in [-0.2, -0.15) is 15.0 Å². The van der Waals surface area contributed by atoms with E-state index in [1.165, 1.54) is 0 Å². The molecule has 0 amide bonds. The van der Waals surface area contributed by atoms with Crippen LogP contribution in [0.15, 0.2) is 12.3 Å². The number of anilines is 3. The number of hydrogen-bond donors (Lipinski definition) is 0. The van der Waals surface area contributed by atoms with Gasteiger partial charge in [-0.1, -0.05) is 0 Å². The van der Waals surface area contributed by atoms with Crippen molar-refractivity contribution in [3.05, 3.63) is 12.3 Å². The molecule has 2 saturated heterocycles. The van der Waals surface area contributed by atoms with E-state index < -0.39 is 0 Å². The van der Waals surface area contributed by atoms with Gasteiger partial charge >= 0.3 is 0 Å². The van der Waals surface area contributed by atoms with Crippen LogP contribution >= 0.6 is 0 Å². The number of ether oxygens (including phenoxy) is 2. The minimum absolute atomic E-state index is 0.554. The Morgan fingerprint density at radius 2 is 1.37 bits per heavy atom. The highest BCUT2D eigenvalue weighted by Gasteiger charge is 2.21. The third-order valence-electron chi connectivity index (χ3n) is 4.47. The molecule has 0 radical (unpaired) electrons. The summed E-state index contributed by atoms with van der Waals surface area (Å²) >= 11 is 0. The van der Waals surface area contributed by atoms with Gasteiger partial charge < -0.3 is 24.2 Å². The quantitative estimate of drug-likeness (QED) is 0.734. The Labute approximate surface area is 158 Å². The second-order valence-electron chi connectivity index (χ2n) is 6.59. The monoisotopic (exact) mass is 372 g/mol. The van der Waals surface area contributed by atoms with Crippen LogP contribution in [0.5, 0.6) is 0 Å². The van der Waals surface area contributed by atoms with Crippen LogP contribution in [0.2, 0.25) is 0 Å². The van der Waals surface area contributed by atoms with Gasteiger partial charge in [0.25, 0.3) is 0 Å². The maximum Gasteiger partial charge on any atom is 0.230 e. The summed E-state index contributed by atoms with van der Waals surface area (Å²) in [7, 11) is 3.82. The van der Waals surface area contributed by atoms with Crippen molar-refractivity contribution in [3.63, 3.8) is 0 Å². The standard InChI is InChI=1S/C17H24N8O2/c1-23(2)15-18-4-3-13(19-15)14-20-16(24-5-9-26-10-6-24)22-17(21-14)25-7-11-27-12-8-25/h3-4H,5-12H2,1-2H3. The van der Waals surface area contributed by atoms with Crippen LogP contribution in [0.25, 0.3) is 11.5 Å². The fraction of sp³-hybridized carbons (Fsp3) is 0.588. The molecule has 10 nitrogen and oxygen atoms in total. The maximum atomic E-state index is 5.46. The van der Waals surface area contributed by atoms with Gasteiger partial charge in [-0.3, -0.25) is 0 Å². The Hall–Kier alpha value is -2.59. The van der Waals surface area contributed by atoms with E-state index in [1.807, 2.05) is 25.1 Å². The number of hydrogen-bond acceptors (Lipinski definition) is 10. The lowest BCUT2D eigenvalue weighted by atomic mass is 10.3. The third kappa shape index (κ3) is 4.06. The molecule has 0 aromatic carbocycles. The summed E-state index contributed by atoms with van der Waals surface area (Å²) in [5, 5.41) is 0. The van der Waals surface area contributed by atoms with Crippen molar-refractivity contribution in [1.82, 2.24) is 24.9 Å². The summed E-state index contributed by atoms with van der Waals surface area (Å²) in [6, 6.07) is 1.83. The molecule has 4 rings (SSSR count). The zero-order valence-corrected chi connectivity index (χ0v) is 15.7. The first-order valence-electron chi connectivity index (χ1n) is 9.13. The number of morpholine rings is 2. The van der Waals surface area contributed by atoms with Crippen molar-refractivity contribution >= 4 is 17.8 Å². The SMILES string of the molecule is CN(C)c1nccc(-c2nc(N3CCOCC3)nc(N3CCOCC3)n2)n1. The molecule has 0 aliphatic carbocycles.